The van der Waals surface area contributed by atoms with Crippen molar-refractivity contribution < 1.29 is 9.84 Å². The molecule has 2 N–H and O–H groups in total. The number of fused-ring (bicyclic) bond motifs is 1. The van der Waals surface area contributed by atoms with E-state index < -0.39 is 6.10 Å². The molecule has 148 valence electrons. The second kappa shape index (κ2) is 8.95. The summed E-state index contributed by atoms with van der Waals surface area (Å²) < 4.78 is 7.48. The van der Waals surface area contributed by atoms with Crippen molar-refractivity contribution in [1.29, 1.82) is 0 Å². The van der Waals surface area contributed by atoms with Crippen molar-refractivity contribution in [2.45, 2.75) is 19.2 Å². The number of methoxy groups -OCH3 is 1. The molecule has 4 aromatic rings. The van der Waals surface area contributed by atoms with Crippen LogP contribution in [0.2, 0.25) is 0 Å². The molecule has 0 aliphatic rings. The number of nitrogens with zero attached hydrogens (tertiary/aromatic N) is 1. The molecule has 4 heteroatoms. The molecule has 3 aromatic carbocycles. The number of ether oxygens (including phenoxy) is 1. The standard InChI is InChI=1S/C25H26N2O2/c1-29-23-13-11-20(12-14-23)25-15-21-9-5-6-10-24(21)27(25)18-22(28)17-26-16-19-7-3-2-4-8-19/h2-15,22,26,28H,16-18H2,1H3/t22-/m1/s1. The minimum atomic E-state index is -0.494. The number of rotatable bonds is 8. The Kier molecular flexibility index (Phi) is 5.94. The minimum absolute atomic E-state index is 0.494. The number of para-hydroxylation sites is 1. The van der Waals surface area contributed by atoms with Gasteiger partial charge in [0.15, 0.2) is 0 Å². The second-order valence-electron chi connectivity index (χ2n) is 7.20. The Morgan fingerprint density at radius 2 is 1.66 bits per heavy atom. The van der Waals surface area contributed by atoms with Gasteiger partial charge in [0.2, 0.25) is 0 Å². The van der Waals surface area contributed by atoms with Gasteiger partial charge in [-0.15, -0.1) is 0 Å². The maximum atomic E-state index is 10.7. The van der Waals surface area contributed by atoms with Crippen LogP contribution in [0.4, 0.5) is 0 Å². The Morgan fingerprint density at radius 3 is 2.41 bits per heavy atom. The minimum Gasteiger partial charge on any atom is -0.497 e. The predicted molar refractivity (Wildman–Crippen MR) is 118 cm³/mol. The fourth-order valence-electron chi connectivity index (χ4n) is 3.66. The first kappa shape index (κ1) is 19.2. The monoisotopic (exact) mass is 386 g/mol. The molecule has 1 heterocycles. The lowest BCUT2D eigenvalue weighted by Gasteiger charge is -2.17. The molecule has 29 heavy (non-hydrogen) atoms. The van der Waals surface area contributed by atoms with Crippen molar-refractivity contribution in [2.75, 3.05) is 13.7 Å². The lowest BCUT2D eigenvalue weighted by atomic mass is 10.1. The zero-order valence-corrected chi connectivity index (χ0v) is 16.6. The van der Waals surface area contributed by atoms with E-state index in [1.54, 1.807) is 7.11 Å². The van der Waals surface area contributed by atoms with Gasteiger partial charge < -0.3 is 19.7 Å². The van der Waals surface area contributed by atoms with Crippen molar-refractivity contribution in [3.8, 4) is 17.0 Å². The molecule has 4 rings (SSSR count). The average molecular weight is 386 g/mol. The van der Waals surface area contributed by atoms with Crippen LogP contribution in [0, 0.1) is 0 Å². The maximum Gasteiger partial charge on any atom is 0.118 e. The molecule has 0 unspecified atom stereocenters. The smallest absolute Gasteiger partial charge is 0.118 e. The molecular formula is C25H26N2O2. The predicted octanol–water partition coefficient (Wildman–Crippen LogP) is 4.47. The Bertz CT molecular complexity index is 1060. The fraction of sp³-hybridized carbons (Fsp3) is 0.200. The number of benzene rings is 3. The number of aliphatic hydroxyl groups is 1. The summed E-state index contributed by atoms with van der Waals surface area (Å²) in [6.07, 6.45) is -0.494. The van der Waals surface area contributed by atoms with E-state index in [4.69, 9.17) is 4.74 Å². The van der Waals surface area contributed by atoms with Gasteiger partial charge in [-0.25, -0.2) is 0 Å². The van der Waals surface area contributed by atoms with Crippen molar-refractivity contribution >= 4 is 10.9 Å². The van der Waals surface area contributed by atoms with Crippen LogP contribution in [0.25, 0.3) is 22.2 Å². The van der Waals surface area contributed by atoms with Crippen LogP contribution in [0.1, 0.15) is 5.56 Å². The van der Waals surface area contributed by atoms with Crippen molar-refractivity contribution in [1.82, 2.24) is 9.88 Å². The fourth-order valence-corrected chi connectivity index (χ4v) is 3.66. The van der Waals surface area contributed by atoms with Gasteiger partial charge in [0, 0.05) is 29.7 Å². The number of hydrogen-bond donors (Lipinski definition) is 2. The van der Waals surface area contributed by atoms with Crippen LogP contribution < -0.4 is 10.1 Å². The number of nitrogens with one attached hydrogen (secondary N) is 1. The molecule has 0 aliphatic carbocycles. The van der Waals surface area contributed by atoms with Crippen molar-refractivity contribution in [3.05, 3.63) is 90.5 Å². The van der Waals surface area contributed by atoms with Crippen molar-refractivity contribution in [2.24, 2.45) is 0 Å². The molecular weight excluding hydrogens is 360 g/mol. The number of hydrogen-bond acceptors (Lipinski definition) is 3. The normalized spacial score (nSPS) is 12.2. The third kappa shape index (κ3) is 4.50. The number of aliphatic hydroxyl groups excluding tert-OH is 1. The summed E-state index contributed by atoms with van der Waals surface area (Å²) in [5.74, 6) is 0.835. The van der Waals surface area contributed by atoms with Crippen LogP contribution in [-0.4, -0.2) is 29.4 Å². The Morgan fingerprint density at radius 1 is 0.931 bits per heavy atom. The van der Waals surface area contributed by atoms with Gasteiger partial charge in [-0.2, -0.15) is 0 Å². The first-order chi connectivity index (χ1) is 14.2. The molecule has 0 spiro atoms. The molecule has 4 nitrogen and oxygen atoms in total. The highest BCUT2D eigenvalue weighted by Crippen LogP contribution is 2.29. The third-order valence-electron chi connectivity index (χ3n) is 5.14. The van der Waals surface area contributed by atoms with E-state index in [-0.39, 0.29) is 0 Å². The number of aromatic nitrogens is 1. The van der Waals surface area contributed by atoms with E-state index in [0.717, 1.165) is 29.1 Å². The zero-order valence-electron chi connectivity index (χ0n) is 16.6. The molecule has 0 amide bonds. The van der Waals surface area contributed by atoms with E-state index in [1.165, 1.54) is 10.9 Å². The van der Waals surface area contributed by atoms with Crippen LogP contribution in [-0.2, 0) is 13.1 Å². The van der Waals surface area contributed by atoms with Crippen LogP contribution in [0.3, 0.4) is 0 Å². The summed E-state index contributed by atoms with van der Waals surface area (Å²) in [6, 6.07) is 28.8. The Hall–Kier alpha value is -3.08. The summed E-state index contributed by atoms with van der Waals surface area (Å²) in [5.41, 5.74) is 4.54. The lowest BCUT2D eigenvalue weighted by Crippen LogP contribution is -2.30. The highest BCUT2D eigenvalue weighted by molar-refractivity contribution is 5.87. The van der Waals surface area contributed by atoms with Gasteiger partial charge in [0.05, 0.1) is 19.8 Å². The maximum absolute atomic E-state index is 10.7. The molecule has 0 bridgehead atoms. The molecule has 0 saturated heterocycles. The van der Waals surface area contributed by atoms with E-state index in [1.807, 2.05) is 42.5 Å². The molecule has 0 aliphatic heterocycles. The molecule has 0 fully saturated rings. The topological polar surface area (TPSA) is 46.4 Å². The molecule has 0 radical (unpaired) electrons. The first-order valence-corrected chi connectivity index (χ1v) is 9.90. The highest BCUT2D eigenvalue weighted by atomic mass is 16.5. The van der Waals surface area contributed by atoms with E-state index in [2.05, 4.69) is 52.3 Å². The van der Waals surface area contributed by atoms with Gasteiger partial charge in [-0.05, 0) is 47.5 Å². The zero-order chi connectivity index (χ0) is 20.1. The van der Waals surface area contributed by atoms with Gasteiger partial charge in [0.25, 0.3) is 0 Å². The molecule has 1 atom stereocenters. The quantitative estimate of drug-likeness (QED) is 0.470. The lowest BCUT2D eigenvalue weighted by molar-refractivity contribution is 0.153. The molecule has 0 saturated carbocycles. The SMILES string of the molecule is COc1ccc(-c2cc3ccccc3n2C[C@H](O)CNCc2ccccc2)cc1. The summed E-state index contributed by atoms with van der Waals surface area (Å²) in [6.45, 7) is 1.80. The average Bonchev–Trinajstić information content (AvgIpc) is 3.13. The van der Waals surface area contributed by atoms with Gasteiger partial charge in [0.1, 0.15) is 5.75 Å². The van der Waals surface area contributed by atoms with Crippen LogP contribution in [0.5, 0.6) is 5.75 Å². The summed E-state index contributed by atoms with van der Waals surface area (Å²) in [5, 5.41) is 15.2. The summed E-state index contributed by atoms with van der Waals surface area (Å²) in [7, 11) is 1.67. The van der Waals surface area contributed by atoms with Crippen LogP contribution >= 0.6 is 0 Å². The van der Waals surface area contributed by atoms with E-state index in [9.17, 15) is 5.11 Å². The van der Waals surface area contributed by atoms with Crippen LogP contribution in [0.15, 0.2) is 84.9 Å². The van der Waals surface area contributed by atoms with Crippen molar-refractivity contribution in [3.63, 3.8) is 0 Å². The second-order valence-corrected chi connectivity index (χ2v) is 7.20. The summed E-state index contributed by atoms with van der Waals surface area (Å²) >= 11 is 0. The largest absolute Gasteiger partial charge is 0.497 e. The van der Waals surface area contributed by atoms with Gasteiger partial charge >= 0.3 is 0 Å². The first-order valence-electron chi connectivity index (χ1n) is 9.90. The Labute approximate surface area is 171 Å². The summed E-state index contributed by atoms with van der Waals surface area (Å²) in [4.78, 5) is 0. The van der Waals surface area contributed by atoms with E-state index >= 15 is 0 Å². The van der Waals surface area contributed by atoms with E-state index in [0.29, 0.717) is 13.1 Å². The van der Waals surface area contributed by atoms with Gasteiger partial charge in [-0.1, -0.05) is 48.5 Å². The Balaban J connectivity index is 1.53. The van der Waals surface area contributed by atoms with Gasteiger partial charge in [-0.3, -0.25) is 0 Å². The molecule has 1 aromatic heterocycles. The third-order valence-corrected chi connectivity index (χ3v) is 5.14. The highest BCUT2D eigenvalue weighted by Gasteiger charge is 2.14.